The standard InChI is InChI=1S/C15H14ClN3O/c1-9(2)12-7-14(10(3)6-13(12)16)20-15-11(8-17)4-5-18-19-15/h4-7,9H,1-3H3. The number of aromatic nitrogens is 2. The molecular formula is C15H14ClN3O. The van der Waals surface area contributed by atoms with Crippen LogP contribution in [0.15, 0.2) is 24.4 Å². The van der Waals surface area contributed by atoms with Gasteiger partial charge >= 0.3 is 0 Å². The molecular weight excluding hydrogens is 274 g/mol. The van der Waals surface area contributed by atoms with E-state index in [1.165, 1.54) is 6.20 Å². The first-order valence-electron chi connectivity index (χ1n) is 6.22. The highest BCUT2D eigenvalue weighted by Gasteiger charge is 2.13. The van der Waals surface area contributed by atoms with Crippen LogP contribution in [0, 0.1) is 18.3 Å². The molecule has 102 valence electrons. The monoisotopic (exact) mass is 287 g/mol. The summed E-state index contributed by atoms with van der Waals surface area (Å²) < 4.78 is 5.72. The highest BCUT2D eigenvalue weighted by atomic mass is 35.5. The third-order valence-electron chi connectivity index (χ3n) is 2.93. The molecule has 4 nitrogen and oxygen atoms in total. The number of nitriles is 1. The van der Waals surface area contributed by atoms with E-state index >= 15 is 0 Å². The molecule has 0 aliphatic rings. The largest absolute Gasteiger partial charge is 0.436 e. The lowest BCUT2D eigenvalue weighted by Crippen LogP contribution is -1.97. The Morgan fingerprint density at radius 2 is 2.10 bits per heavy atom. The smallest absolute Gasteiger partial charge is 0.256 e. The Balaban J connectivity index is 2.44. The predicted molar refractivity (Wildman–Crippen MR) is 77.1 cm³/mol. The van der Waals surface area contributed by atoms with E-state index in [1.54, 1.807) is 6.07 Å². The molecule has 2 rings (SSSR count). The summed E-state index contributed by atoms with van der Waals surface area (Å²) in [7, 11) is 0. The molecule has 0 bridgehead atoms. The second-order valence-corrected chi connectivity index (χ2v) is 5.17. The van der Waals surface area contributed by atoms with Crippen LogP contribution in [0.25, 0.3) is 0 Å². The summed E-state index contributed by atoms with van der Waals surface area (Å²) >= 11 is 6.22. The minimum atomic E-state index is 0.204. The van der Waals surface area contributed by atoms with Crippen molar-refractivity contribution in [2.45, 2.75) is 26.7 Å². The van der Waals surface area contributed by atoms with Crippen molar-refractivity contribution in [1.82, 2.24) is 10.2 Å². The van der Waals surface area contributed by atoms with E-state index in [9.17, 15) is 0 Å². The fourth-order valence-corrected chi connectivity index (χ4v) is 2.24. The SMILES string of the molecule is Cc1cc(Cl)c(C(C)C)cc1Oc1nnccc1C#N. The van der Waals surface area contributed by atoms with Crippen LogP contribution in [0.2, 0.25) is 5.02 Å². The van der Waals surface area contributed by atoms with Gasteiger partial charge in [0.1, 0.15) is 17.4 Å². The maximum absolute atomic E-state index is 9.03. The Morgan fingerprint density at radius 3 is 2.75 bits per heavy atom. The molecule has 0 amide bonds. The molecule has 0 aliphatic heterocycles. The van der Waals surface area contributed by atoms with Gasteiger partial charge in [0.15, 0.2) is 0 Å². The summed E-state index contributed by atoms with van der Waals surface area (Å²) in [4.78, 5) is 0. The number of hydrogen-bond donors (Lipinski definition) is 0. The highest BCUT2D eigenvalue weighted by Crippen LogP contribution is 2.33. The summed E-state index contributed by atoms with van der Waals surface area (Å²) in [5.74, 6) is 1.12. The molecule has 5 heteroatoms. The topological polar surface area (TPSA) is 58.8 Å². The van der Waals surface area contributed by atoms with Crippen molar-refractivity contribution in [1.29, 1.82) is 5.26 Å². The Labute approximate surface area is 123 Å². The van der Waals surface area contributed by atoms with Gasteiger partial charge < -0.3 is 4.74 Å². The van der Waals surface area contributed by atoms with Crippen molar-refractivity contribution in [3.63, 3.8) is 0 Å². The molecule has 0 N–H and O–H groups in total. The van der Waals surface area contributed by atoms with Crippen LogP contribution < -0.4 is 4.74 Å². The van der Waals surface area contributed by atoms with E-state index in [0.29, 0.717) is 16.3 Å². The Bertz CT molecular complexity index is 677. The number of ether oxygens (including phenoxy) is 1. The number of nitrogens with zero attached hydrogens (tertiary/aromatic N) is 3. The lowest BCUT2D eigenvalue weighted by Gasteiger charge is -2.14. The van der Waals surface area contributed by atoms with E-state index in [4.69, 9.17) is 21.6 Å². The molecule has 0 atom stereocenters. The van der Waals surface area contributed by atoms with Crippen molar-refractivity contribution in [2.24, 2.45) is 0 Å². The maximum Gasteiger partial charge on any atom is 0.256 e. The van der Waals surface area contributed by atoms with Crippen molar-refractivity contribution in [3.8, 4) is 17.7 Å². The van der Waals surface area contributed by atoms with E-state index in [-0.39, 0.29) is 11.8 Å². The molecule has 0 aliphatic carbocycles. The fourth-order valence-electron chi connectivity index (χ4n) is 1.80. The summed E-state index contributed by atoms with van der Waals surface area (Å²) in [6, 6.07) is 7.34. The molecule has 0 saturated carbocycles. The number of rotatable bonds is 3. The highest BCUT2D eigenvalue weighted by molar-refractivity contribution is 6.31. The van der Waals surface area contributed by atoms with Crippen LogP contribution in [0.3, 0.4) is 0 Å². The minimum absolute atomic E-state index is 0.204. The second-order valence-electron chi connectivity index (χ2n) is 4.76. The van der Waals surface area contributed by atoms with Crippen molar-refractivity contribution >= 4 is 11.6 Å². The third kappa shape index (κ3) is 2.89. The summed E-state index contributed by atoms with van der Waals surface area (Å²) in [5.41, 5.74) is 2.23. The zero-order chi connectivity index (χ0) is 14.7. The number of halogens is 1. The number of hydrogen-bond acceptors (Lipinski definition) is 4. The second kappa shape index (κ2) is 5.89. The van der Waals surface area contributed by atoms with Gasteiger partial charge in [-0.05, 0) is 42.2 Å². The van der Waals surface area contributed by atoms with Crippen LogP contribution in [0.5, 0.6) is 11.6 Å². The first-order valence-corrected chi connectivity index (χ1v) is 6.60. The molecule has 1 heterocycles. The van der Waals surface area contributed by atoms with Crippen molar-refractivity contribution in [3.05, 3.63) is 46.1 Å². The lowest BCUT2D eigenvalue weighted by atomic mass is 10.0. The maximum atomic E-state index is 9.03. The van der Waals surface area contributed by atoms with E-state index < -0.39 is 0 Å². The summed E-state index contributed by atoms with van der Waals surface area (Å²) in [5, 5.41) is 17.3. The third-order valence-corrected chi connectivity index (χ3v) is 3.26. The van der Waals surface area contributed by atoms with Gasteiger partial charge in [-0.1, -0.05) is 25.4 Å². The average Bonchev–Trinajstić information content (AvgIpc) is 2.42. The Morgan fingerprint density at radius 1 is 1.35 bits per heavy atom. The van der Waals surface area contributed by atoms with Gasteiger partial charge in [0, 0.05) is 5.02 Å². The van der Waals surface area contributed by atoms with E-state index in [0.717, 1.165) is 11.1 Å². The molecule has 1 aromatic heterocycles. The molecule has 0 spiro atoms. The number of aryl methyl sites for hydroxylation is 1. The Hall–Kier alpha value is -2.12. The van der Waals surface area contributed by atoms with Gasteiger partial charge in [-0.25, -0.2) is 0 Å². The van der Waals surface area contributed by atoms with Crippen LogP contribution in [-0.2, 0) is 0 Å². The fraction of sp³-hybridized carbons (Fsp3) is 0.267. The molecule has 20 heavy (non-hydrogen) atoms. The Kier molecular flexibility index (Phi) is 4.21. The first-order chi connectivity index (χ1) is 9.52. The minimum Gasteiger partial charge on any atom is -0.436 e. The lowest BCUT2D eigenvalue weighted by molar-refractivity contribution is 0.449. The molecule has 0 saturated heterocycles. The van der Waals surface area contributed by atoms with Crippen molar-refractivity contribution in [2.75, 3.05) is 0 Å². The van der Waals surface area contributed by atoms with Gasteiger partial charge in [0.2, 0.25) is 0 Å². The van der Waals surface area contributed by atoms with Gasteiger partial charge in [0.05, 0.1) is 6.20 Å². The molecule has 0 radical (unpaired) electrons. The van der Waals surface area contributed by atoms with Crippen LogP contribution >= 0.6 is 11.6 Å². The van der Waals surface area contributed by atoms with Crippen LogP contribution in [0.4, 0.5) is 0 Å². The summed E-state index contributed by atoms with van der Waals surface area (Å²) in [6.45, 7) is 6.01. The zero-order valence-corrected chi connectivity index (χ0v) is 12.3. The van der Waals surface area contributed by atoms with Gasteiger partial charge in [-0.2, -0.15) is 10.4 Å². The van der Waals surface area contributed by atoms with Crippen LogP contribution in [-0.4, -0.2) is 10.2 Å². The quantitative estimate of drug-likeness (QED) is 0.848. The summed E-state index contributed by atoms with van der Waals surface area (Å²) in [6.07, 6.45) is 1.46. The van der Waals surface area contributed by atoms with Gasteiger partial charge in [-0.3, -0.25) is 0 Å². The normalized spacial score (nSPS) is 10.4. The average molecular weight is 288 g/mol. The van der Waals surface area contributed by atoms with Crippen LogP contribution in [0.1, 0.15) is 36.5 Å². The molecule has 1 aromatic carbocycles. The van der Waals surface area contributed by atoms with E-state index in [1.807, 2.05) is 25.1 Å². The van der Waals surface area contributed by atoms with Crippen molar-refractivity contribution < 1.29 is 4.74 Å². The zero-order valence-electron chi connectivity index (χ0n) is 11.5. The molecule has 2 aromatic rings. The van der Waals surface area contributed by atoms with E-state index in [2.05, 4.69) is 24.0 Å². The van der Waals surface area contributed by atoms with Gasteiger partial charge in [0.25, 0.3) is 5.88 Å². The molecule has 0 unspecified atom stereocenters. The predicted octanol–water partition coefficient (Wildman–Crippen LogP) is 4.23. The number of benzene rings is 1. The molecule has 0 fully saturated rings. The first kappa shape index (κ1) is 14.3. The van der Waals surface area contributed by atoms with Gasteiger partial charge in [-0.15, -0.1) is 5.10 Å².